The van der Waals surface area contributed by atoms with Crippen LogP contribution in [0.15, 0.2) is 23.1 Å². The van der Waals surface area contributed by atoms with Crippen LogP contribution in [0.3, 0.4) is 0 Å². The predicted molar refractivity (Wildman–Crippen MR) is 74.1 cm³/mol. The summed E-state index contributed by atoms with van der Waals surface area (Å²) in [6.07, 6.45) is -4.60. The molecule has 1 aromatic rings. The molecule has 22 heavy (non-hydrogen) atoms. The van der Waals surface area contributed by atoms with Crippen molar-refractivity contribution in [3.63, 3.8) is 0 Å². The molecule has 0 radical (unpaired) electrons. The number of carbonyl (C=O) groups is 2. The Labute approximate surface area is 128 Å². The van der Waals surface area contributed by atoms with E-state index in [1.807, 2.05) is 0 Å². The lowest BCUT2D eigenvalue weighted by atomic mass is 10.1. The number of amides is 2. The first-order valence-corrected chi connectivity index (χ1v) is 7.28. The molecular weight excluding hydrogens is 321 g/mol. The zero-order chi connectivity index (χ0) is 16.3. The van der Waals surface area contributed by atoms with Gasteiger partial charge in [-0.1, -0.05) is 0 Å². The first-order valence-electron chi connectivity index (χ1n) is 6.40. The van der Waals surface area contributed by atoms with Crippen molar-refractivity contribution in [3.8, 4) is 0 Å². The molecule has 120 valence electrons. The van der Waals surface area contributed by atoms with Crippen LogP contribution in [-0.4, -0.2) is 23.7 Å². The summed E-state index contributed by atoms with van der Waals surface area (Å²) in [6.45, 7) is 1.98. The molecule has 0 unspecified atom stereocenters. The first-order chi connectivity index (χ1) is 10.3. The van der Waals surface area contributed by atoms with Gasteiger partial charge in [0.15, 0.2) is 0 Å². The molecule has 2 amide bonds. The number of rotatable bonds is 4. The van der Waals surface area contributed by atoms with Crippen LogP contribution in [0.2, 0.25) is 0 Å². The maximum absolute atomic E-state index is 12.6. The molecule has 1 aliphatic rings. The Kier molecular flexibility index (Phi) is 4.97. The Hall–Kier alpha value is -1.74. The molecule has 9 heteroatoms. The molecule has 1 aliphatic heterocycles. The van der Waals surface area contributed by atoms with Gasteiger partial charge in [0.2, 0.25) is 11.8 Å². The van der Waals surface area contributed by atoms with E-state index in [9.17, 15) is 22.8 Å². The predicted octanol–water partition coefficient (Wildman–Crippen LogP) is 2.58. The summed E-state index contributed by atoms with van der Waals surface area (Å²) in [5.74, 6) is -0.978. The van der Waals surface area contributed by atoms with Crippen molar-refractivity contribution in [1.82, 2.24) is 5.48 Å². The average molecular weight is 334 g/mol. The summed E-state index contributed by atoms with van der Waals surface area (Å²) in [6, 6.07) is 3.12. The fraction of sp³-hybridized carbons (Fsp3) is 0.385. The highest BCUT2D eigenvalue weighted by molar-refractivity contribution is 8.01. The van der Waals surface area contributed by atoms with Crippen LogP contribution >= 0.6 is 11.8 Å². The standard InChI is InChI=1S/C13H13F3N2O3S/c1-2-21-18-11(19)6-10-12(20)17-8-5-7(13(14,15)16)3-4-9(8)22-10/h3-5,10H,2,6H2,1H3,(H,17,20)(H,18,19)/t10-/m1/s1. The normalized spacial score (nSPS) is 17.6. The van der Waals surface area contributed by atoms with Crippen LogP contribution in [0.1, 0.15) is 18.9 Å². The van der Waals surface area contributed by atoms with E-state index in [0.717, 1.165) is 23.9 Å². The number of anilines is 1. The molecule has 5 nitrogen and oxygen atoms in total. The summed E-state index contributed by atoms with van der Waals surface area (Å²) < 4.78 is 37.9. The van der Waals surface area contributed by atoms with Crippen molar-refractivity contribution in [2.24, 2.45) is 0 Å². The molecule has 2 N–H and O–H groups in total. The van der Waals surface area contributed by atoms with Gasteiger partial charge in [-0.2, -0.15) is 13.2 Å². The Morgan fingerprint density at radius 1 is 1.45 bits per heavy atom. The number of thioether (sulfide) groups is 1. The highest BCUT2D eigenvalue weighted by Gasteiger charge is 2.34. The molecule has 1 heterocycles. The summed E-state index contributed by atoms with van der Waals surface area (Å²) >= 11 is 1.05. The van der Waals surface area contributed by atoms with E-state index >= 15 is 0 Å². The first kappa shape index (κ1) is 16.6. The molecule has 1 atom stereocenters. The third-order valence-electron chi connectivity index (χ3n) is 2.83. The van der Waals surface area contributed by atoms with Crippen molar-refractivity contribution >= 4 is 29.3 Å². The highest BCUT2D eigenvalue weighted by atomic mass is 32.2. The van der Waals surface area contributed by atoms with E-state index in [2.05, 4.69) is 10.8 Å². The second kappa shape index (κ2) is 6.57. The molecule has 0 aromatic heterocycles. The van der Waals surface area contributed by atoms with Crippen LogP contribution in [0.25, 0.3) is 0 Å². The Morgan fingerprint density at radius 2 is 2.18 bits per heavy atom. The van der Waals surface area contributed by atoms with Crippen molar-refractivity contribution in [3.05, 3.63) is 23.8 Å². The number of alkyl halides is 3. The lowest BCUT2D eigenvalue weighted by molar-refractivity contribution is -0.137. The van der Waals surface area contributed by atoms with Crippen molar-refractivity contribution < 1.29 is 27.6 Å². The Morgan fingerprint density at radius 3 is 2.82 bits per heavy atom. The summed E-state index contributed by atoms with van der Waals surface area (Å²) in [5, 5.41) is 1.69. The number of hydroxylamine groups is 1. The van der Waals surface area contributed by atoms with Crippen LogP contribution < -0.4 is 10.8 Å². The lowest BCUT2D eigenvalue weighted by Crippen LogP contribution is -2.35. The van der Waals surface area contributed by atoms with Crippen molar-refractivity contribution in [2.45, 2.75) is 29.7 Å². The van der Waals surface area contributed by atoms with Gasteiger partial charge in [0, 0.05) is 11.3 Å². The Bertz CT molecular complexity index is 592. The molecule has 1 aromatic carbocycles. The molecule has 0 bridgehead atoms. The van der Waals surface area contributed by atoms with Crippen LogP contribution in [0, 0.1) is 0 Å². The zero-order valence-electron chi connectivity index (χ0n) is 11.5. The fourth-order valence-electron chi connectivity index (χ4n) is 1.82. The van der Waals surface area contributed by atoms with E-state index in [0.29, 0.717) is 11.5 Å². The minimum absolute atomic E-state index is 0.103. The Balaban J connectivity index is 2.10. The van der Waals surface area contributed by atoms with E-state index in [4.69, 9.17) is 4.84 Å². The summed E-state index contributed by atoms with van der Waals surface area (Å²) in [7, 11) is 0. The number of carbonyl (C=O) groups excluding carboxylic acids is 2. The number of fused-ring (bicyclic) bond motifs is 1. The lowest BCUT2D eigenvalue weighted by Gasteiger charge is -2.24. The van der Waals surface area contributed by atoms with Crippen LogP contribution in [0.4, 0.5) is 18.9 Å². The summed E-state index contributed by atoms with van der Waals surface area (Å²) in [5.41, 5.74) is 1.44. The maximum atomic E-state index is 12.6. The van der Waals surface area contributed by atoms with Gasteiger partial charge in [-0.15, -0.1) is 11.8 Å². The second-order valence-electron chi connectivity index (χ2n) is 4.47. The van der Waals surface area contributed by atoms with Crippen molar-refractivity contribution in [2.75, 3.05) is 11.9 Å². The molecule has 0 saturated heterocycles. The van der Waals surface area contributed by atoms with Gasteiger partial charge in [0.25, 0.3) is 0 Å². The van der Waals surface area contributed by atoms with Gasteiger partial charge in [-0.25, -0.2) is 5.48 Å². The second-order valence-corrected chi connectivity index (χ2v) is 5.71. The van der Waals surface area contributed by atoms with Gasteiger partial charge in [-0.05, 0) is 25.1 Å². The third kappa shape index (κ3) is 3.92. The number of halogens is 3. The minimum Gasteiger partial charge on any atom is -0.324 e. The van der Waals surface area contributed by atoms with E-state index in [1.54, 1.807) is 6.92 Å². The van der Waals surface area contributed by atoms with E-state index in [-0.39, 0.29) is 12.1 Å². The van der Waals surface area contributed by atoms with Gasteiger partial charge >= 0.3 is 6.18 Å². The quantitative estimate of drug-likeness (QED) is 0.831. The van der Waals surface area contributed by atoms with E-state index < -0.39 is 28.8 Å². The molecular formula is C13H13F3N2O3S. The fourth-order valence-corrected chi connectivity index (χ4v) is 2.91. The largest absolute Gasteiger partial charge is 0.416 e. The molecule has 0 spiro atoms. The van der Waals surface area contributed by atoms with Gasteiger partial charge in [0.1, 0.15) is 0 Å². The number of hydrogen-bond acceptors (Lipinski definition) is 4. The van der Waals surface area contributed by atoms with Gasteiger partial charge < -0.3 is 5.32 Å². The smallest absolute Gasteiger partial charge is 0.324 e. The maximum Gasteiger partial charge on any atom is 0.416 e. The molecule has 0 saturated carbocycles. The number of nitrogens with one attached hydrogen (secondary N) is 2. The molecule has 0 aliphatic carbocycles. The van der Waals surface area contributed by atoms with Crippen LogP contribution in [0.5, 0.6) is 0 Å². The van der Waals surface area contributed by atoms with Crippen LogP contribution in [-0.2, 0) is 20.6 Å². The third-order valence-corrected chi connectivity index (χ3v) is 4.10. The zero-order valence-corrected chi connectivity index (χ0v) is 12.3. The number of hydrogen-bond donors (Lipinski definition) is 2. The molecule has 0 fully saturated rings. The van der Waals surface area contributed by atoms with Gasteiger partial charge in [-0.3, -0.25) is 14.4 Å². The number of benzene rings is 1. The molecule has 2 rings (SSSR count). The van der Waals surface area contributed by atoms with Crippen molar-refractivity contribution in [1.29, 1.82) is 0 Å². The van der Waals surface area contributed by atoms with Gasteiger partial charge in [0.05, 0.1) is 23.1 Å². The SMILES string of the molecule is CCONC(=O)C[C@H]1Sc2ccc(C(F)(F)F)cc2NC1=O. The average Bonchev–Trinajstić information content (AvgIpc) is 2.44. The monoisotopic (exact) mass is 334 g/mol. The minimum atomic E-state index is -4.47. The summed E-state index contributed by atoms with van der Waals surface area (Å²) in [4.78, 5) is 28.6. The highest BCUT2D eigenvalue weighted by Crippen LogP contribution is 2.40. The topological polar surface area (TPSA) is 67.4 Å². The van der Waals surface area contributed by atoms with E-state index in [1.165, 1.54) is 6.07 Å².